The van der Waals surface area contributed by atoms with E-state index in [1.807, 2.05) is 0 Å². The SMILES string of the molecule is C[C@@H]1CC(CN)(NS(C)(=O)=O)C[C@H]1C. The molecule has 1 fully saturated rings. The zero-order valence-corrected chi connectivity index (χ0v) is 9.89. The molecule has 0 heterocycles. The largest absolute Gasteiger partial charge is 0.329 e. The summed E-state index contributed by atoms with van der Waals surface area (Å²) in [5, 5.41) is 0. The minimum absolute atomic E-state index is 0.384. The number of nitrogens with two attached hydrogens (primary N) is 1. The maximum Gasteiger partial charge on any atom is 0.209 e. The van der Waals surface area contributed by atoms with E-state index in [1.165, 1.54) is 6.26 Å². The molecule has 0 aromatic rings. The summed E-state index contributed by atoms with van der Waals surface area (Å²) in [7, 11) is -3.15. The van der Waals surface area contributed by atoms with E-state index < -0.39 is 15.6 Å². The lowest BCUT2D eigenvalue weighted by Gasteiger charge is -2.27. The Hall–Kier alpha value is -0.130. The lowest BCUT2D eigenvalue weighted by atomic mass is 9.98. The number of rotatable bonds is 3. The third kappa shape index (κ3) is 2.68. The summed E-state index contributed by atoms with van der Waals surface area (Å²) in [5.74, 6) is 1.07. The van der Waals surface area contributed by atoms with Crippen molar-refractivity contribution in [2.45, 2.75) is 32.2 Å². The van der Waals surface area contributed by atoms with Gasteiger partial charge in [-0.1, -0.05) is 13.8 Å². The Morgan fingerprint density at radius 2 is 1.79 bits per heavy atom. The second-order valence-corrected chi connectivity index (χ2v) is 6.47. The highest BCUT2D eigenvalue weighted by atomic mass is 32.2. The summed E-state index contributed by atoms with van der Waals surface area (Å²) in [5.41, 5.74) is 5.28. The van der Waals surface area contributed by atoms with E-state index in [0.29, 0.717) is 18.4 Å². The van der Waals surface area contributed by atoms with Crippen LogP contribution in [0.2, 0.25) is 0 Å². The van der Waals surface area contributed by atoms with Crippen LogP contribution < -0.4 is 10.5 Å². The van der Waals surface area contributed by atoms with Gasteiger partial charge in [0.05, 0.1) is 6.26 Å². The zero-order chi connectivity index (χ0) is 11.0. The molecule has 0 bridgehead atoms. The zero-order valence-electron chi connectivity index (χ0n) is 9.08. The molecule has 1 saturated carbocycles. The van der Waals surface area contributed by atoms with Gasteiger partial charge in [-0.25, -0.2) is 13.1 Å². The van der Waals surface area contributed by atoms with Crippen LogP contribution in [0.25, 0.3) is 0 Å². The molecule has 0 aromatic carbocycles. The van der Waals surface area contributed by atoms with Crippen molar-refractivity contribution < 1.29 is 8.42 Å². The van der Waals surface area contributed by atoms with Crippen LogP contribution in [0.15, 0.2) is 0 Å². The topological polar surface area (TPSA) is 72.2 Å². The van der Waals surface area contributed by atoms with E-state index >= 15 is 0 Å². The van der Waals surface area contributed by atoms with Gasteiger partial charge in [0.25, 0.3) is 0 Å². The fraction of sp³-hybridized carbons (Fsp3) is 1.00. The van der Waals surface area contributed by atoms with E-state index in [2.05, 4.69) is 18.6 Å². The van der Waals surface area contributed by atoms with Crippen LogP contribution in [-0.2, 0) is 10.0 Å². The Labute approximate surface area is 86.3 Å². The summed E-state index contributed by atoms with van der Waals surface area (Å²) in [6.07, 6.45) is 2.88. The van der Waals surface area contributed by atoms with Crippen LogP contribution in [0.5, 0.6) is 0 Å². The summed E-state index contributed by atoms with van der Waals surface area (Å²) in [6.45, 7) is 4.67. The van der Waals surface area contributed by atoms with Gasteiger partial charge in [-0.05, 0) is 24.7 Å². The van der Waals surface area contributed by atoms with Gasteiger partial charge in [0.15, 0.2) is 0 Å². The first kappa shape index (κ1) is 11.9. The highest BCUT2D eigenvalue weighted by molar-refractivity contribution is 7.88. The maximum absolute atomic E-state index is 11.2. The molecule has 0 spiro atoms. The second kappa shape index (κ2) is 3.79. The van der Waals surface area contributed by atoms with Gasteiger partial charge in [-0.15, -0.1) is 0 Å². The fourth-order valence-corrected chi connectivity index (χ4v) is 3.44. The van der Waals surface area contributed by atoms with Crippen LogP contribution in [0, 0.1) is 11.8 Å². The Kier molecular flexibility index (Phi) is 3.23. The molecular weight excluding hydrogens is 200 g/mol. The molecular formula is C9H20N2O2S. The van der Waals surface area contributed by atoms with Crippen LogP contribution in [-0.4, -0.2) is 26.8 Å². The fourth-order valence-electron chi connectivity index (χ4n) is 2.40. The van der Waals surface area contributed by atoms with Crippen LogP contribution >= 0.6 is 0 Å². The van der Waals surface area contributed by atoms with Gasteiger partial charge >= 0.3 is 0 Å². The van der Waals surface area contributed by atoms with Crippen molar-refractivity contribution in [3.05, 3.63) is 0 Å². The van der Waals surface area contributed by atoms with E-state index in [-0.39, 0.29) is 0 Å². The van der Waals surface area contributed by atoms with E-state index in [1.54, 1.807) is 0 Å². The molecule has 5 heteroatoms. The predicted molar refractivity (Wildman–Crippen MR) is 57.3 cm³/mol. The van der Waals surface area contributed by atoms with Crippen molar-refractivity contribution >= 4 is 10.0 Å². The Morgan fingerprint density at radius 1 is 1.36 bits per heavy atom. The molecule has 2 atom stereocenters. The highest BCUT2D eigenvalue weighted by Crippen LogP contribution is 2.38. The van der Waals surface area contributed by atoms with E-state index in [9.17, 15) is 8.42 Å². The molecule has 14 heavy (non-hydrogen) atoms. The molecule has 3 N–H and O–H groups in total. The first-order valence-electron chi connectivity index (χ1n) is 4.97. The van der Waals surface area contributed by atoms with E-state index in [4.69, 9.17) is 5.73 Å². The number of nitrogens with one attached hydrogen (secondary N) is 1. The summed E-state index contributed by atoms with van der Waals surface area (Å²) >= 11 is 0. The number of sulfonamides is 1. The average molecular weight is 220 g/mol. The molecule has 1 aliphatic rings. The van der Waals surface area contributed by atoms with Crippen LogP contribution in [0.3, 0.4) is 0 Å². The van der Waals surface area contributed by atoms with Gasteiger partial charge in [0.2, 0.25) is 10.0 Å². The molecule has 0 amide bonds. The average Bonchev–Trinajstić information content (AvgIpc) is 2.25. The Morgan fingerprint density at radius 3 is 2.07 bits per heavy atom. The van der Waals surface area contributed by atoms with Gasteiger partial charge in [-0.3, -0.25) is 0 Å². The number of hydrogen-bond acceptors (Lipinski definition) is 3. The standard InChI is InChI=1S/C9H20N2O2S/c1-7-4-9(6-10,5-8(7)2)11-14(3,12)13/h7-8,11H,4-6,10H2,1-3H3/t7-,8-/m1/s1. The molecule has 0 unspecified atom stereocenters. The minimum atomic E-state index is -3.15. The van der Waals surface area contributed by atoms with Gasteiger partial charge in [0.1, 0.15) is 0 Å². The lowest BCUT2D eigenvalue weighted by Crippen LogP contribution is -2.51. The van der Waals surface area contributed by atoms with Gasteiger partial charge < -0.3 is 5.73 Å². The lowest BCUT2D eigenvalue weighted by molar-refractivity contribution is 0.385. The molecule has 1 rings (SSSR count). The van der Waals surface area contributed by atoms with Crippen molar-refractivity contribution in [2.75, 3.05) is 12.8 Å². The van der Waals surface area contributed by atoms with Crippen LogP contribution in [0.4, 0.5) is 0 Å². The van der Waals surface area contributed by atoms with Crippen molar-refractivity contribution in [1.29, 1.82) is 0 Å². The monoisotopic (exact) mass is 220 g/mol. The smallest absolute Gasteiger partial charge is 0.209 e. The third-order valence-corrected chi connectivity index (χ3v) is 3.99. The Bertz CT molecular complexity index is 290. The van der Waals surface area contributed by atoms with Gasteiger partial charge in [-0.2, -0.15) is 0 Å². The molecule has 4 nitrogen and oxygen atoms in total. The molecule has 0 aromatic heterocycles. The number of hydrogen-bond donors (Lipinski definition) is 2. The molecule has 0 saturated heterocycles. The summed E-state index contributed by atoms with van der Waals surface area (Å²) in [6, 6.07) is 0. The van der Waals surface area contributed by atoms with Crippen LogP contribution in [0.1, 0.15) is 26.7 Å². The summed E-state index contributed by atoms with van der Waals surface area (Å²) < 4.78 is 25.1. The molecule has 84 valence electrons. The first-order chi connectivity index (χ1) is 6.28. The summed E-state index contributed by atoms with van der Waals surface area (Å²) in [4.78, 5) is 0. The second-order valence-electron chi connectivity index (χ2n) is 4.72. The maximum atomic E-state index is 11.2. The quantitative estimate of drug-likeness (QED) is 0.718. The first-order valence-corrected chi connectivity index (χ1v) is 6.86. The van der Waals surface area contributed by atoms with Crippen molar-refractivity contribution in [3.63, 3.8) is 0 Å². The van der Waals surface area contributed by atoms with Gasteiger partial charge in [0, 0.05) is 12.1 Å². The highest BCUT2D eigenvalue weighted by Gasteiger charge is 2.42. The Balaban J connectivity index is 2.80. The normalized spacial score (nSPS) is 32.0. The minimum Gasteiger partial charge on any atom is -0.329 e. The molecule has 0 aliphatic heterocycles. The van der Waals surface area contributed by atoms with Crippen molar-refractivity contribution in [2.24, 2.45) is 17.6 Å². The van der Waals surface area contributed by atoms with Crippen molar-refractivity contribution in [3.8, 4) is 0 Å². The molecule has 0 radical (unpaired) electrons. The predicted octanol–water partition coefficient (Wildman–Crippen LogP) is 0.299. The van der Waals surface area contributed by atoms with E-state index in [0.717, 1.165) is 12.8 Å². The molecule has 1 aliphatic carbocycles. The third-order valence-electron chi connectivity index (χ3n) is 3.19. The van der Waals surface area contributed by atoms with Crippen molar-refractivity contribution in [1.82, 2.24) is 4.72 Å².